The molecule has 2 N–H and O–H groups in total. The number of amides is 2. The van der Waals surface area contributed by atoms with Gasteiger partial charge in [0, 0.05) is 36.5 Å². The summed E-state index contributed by atoms with van der Waals surface area (Å²) in [6.07, 6.45) is 8.54. The number of benzene rings is 1. The van der Waals surface area contributed by atoms with E-state index in [4.69, 9.17) is 0 Å². The molecule has 1 aliphatic rings. The van der Waals surface area contributed by atoms with Gasteiger partial charge in [-0.25, -0.2) is 0 Å². The van der Waals surface area contributed by atoms with Gasteiger partial charge in [-0.15, -0.1) is 0 Å². The van der Waals surface area contributed by atoms with E-state index in [0.29, 0.717) is 24.6 Å². The Hall–Kier alpha value is -2.63. The van der Waals surface area contributed by atoms with Gasteiger partial charge in [0.25, 0.3) is 5.91 Å². The van der Waals surface area contributed by atoms with Crippen molar-refractivity contribution in [1.82, 2.24) is 15.1 Å². The highest BCUT2D eigenvalue weighted by Crippen LogP contribution is 2.20. The maximum Gasteiger partial charge on any atom is 0.251 e. The van der Waals surface area contributed by atoms with E-state index in [-0.39, 0.29) is 11.8 Å². The normalized spacial score (nSPS) is 14.4. The number of rotatable bonds is 6. The molecular weight excluding hydrogens is 328 g/mol. The summed E-state index contributed by atoms with van der Waals surface area (Å²) < 4.78 is 1.76. The zero-order chi connectivity index (χ0) is 18.5. The molecule has 1 aromatic heterocycles. The molecule has 0 spiro atoms. The summed E-state index contributed by atoms with van der Waals surface area (Å²) in [7, 11) is 0. The van der Waals surface area contributed by atoms with Crippen molar-refractivity contribution in [1.29, 1.82) is 0 Å². The minimum Gasteiger partial charge on any atom is -0.349 e. The van der Waals surface area contributed by atoms with Crippen LogP contribution >= 0.6 is 0 Å². The number of anilines is 1. The number of nitrogens with zero attached hydrogens (tertiary/aromatic N) is 2. The van der Waals surface area contributed by atoms with Crippen LogP contribution in [0.3, 0.4) is 0 Å². The van der Waals surface area contributed by atoms with Crippen LogP contribution in [0.4, 0.5) is 5.69 Å². The Kier molecular flexibility index (Phi) is 5.71. The smallest absolute Gasteiger partial charge is 0.251 e. The van der Waals surface area contributed by atoms with Gasteiger partial charge in [0.15, 0.2) is 0 Å². The maximum atomic E-state index is 12.3. The Labute approximate surface area is 154 Å². The molecule has 1 fully saturated rings. The molecular formula is C20H26N4O2. The molecule has 26 heavy (non-hydrogen) atoms. The van der Waals surface area contributed by atoms with Crippen molar-refractivity contribution >= 4 is 17.5 Å². The predicted molar refractivity (Wildman–Crippen MR) is 101 cm³/mol. The molecule has 138 valence electrons. The lowest BCUT2D eigenvalue weighted by Crippen LogP contribution is -2.32. The monoisotopic (exact) mass is 354 g/mol. The maximum absolute atomic E-state index is 12.3. The fourth-order valence-electron chi connectivity index (χ4n) is 3.30. The number of aryl methyl sites for hydroxylation is 3. The zero-order valence-corrected chi connectivity index (χ0v) is 15.4. The summed E-state index contributed by atoms with van der Waals surface area (Å²) in [5.41, 5.74) is 3.34. The molecule has 0 atom stereocenters. The Morgan fingerprint density at radius 2 is 2.00 bits per heavy atom. The van der Waals surface area contributed by atoms with Gasteiger partial charge in [-0.1, -0.05) is 12.8 Å². The van der Waals surface area contributed by atoms with Crippen molar-refractivity contribution in [2.75, 3.05) is 5.32 Å². The predicted octanol–water partition coefficient (Wildman–Crippen LogP) is 3.20. The fraction of sp³-hybridized carbons (Fsp3) is 0.450. The highest BCUT2D eigenvalue weighted by Gasteiger charge is 2.18. The third-order valence-corrected chi connectivity index (χ3v) is 4.78. The molecule has 0 aliphatic heterocycles. The highest BCUT2D eigenvalue weighted by molar-refractivity contribution is 5.96. The summed E-state index contributed by atoms with van der Waals surface area (Å²) in [5, 5.41) is 10.2. The van der Waals surface area contributed by atoms with E-state index in [0.717, 1.165) is 29.7 Å². The van der Waals surface area contributed by atoms with Crippen LogP contribution in [-0.2, 0) is 11.3 Å². The van der Waals surface area contributed by atoms with Gasteiger partial charge in [-0.3, -0.25) is 14.3 Å². The molecule has 6 heteroatoms. The average molecular weight is 354 g/mol. The number of carbonyl (C=O) groups excluding carboxylic acids is 2. The summed E-state index contributed by atoms with van der Waals surface area (Å²) in [6.45, 7) is 4.41. The summed E-state index contributed by atoms with van der Waals surface area (Å²) in [6, 6.07) is 5.70. The van der Waals surface area contributed by atoms with E-state index in [9.17, 15) is 9.59 Å². The van der Waals surface area contributed by atoms with Gasteiger partial charge in [-0.2, -0.15) is 5.10 Å². The third-order valence-electron chi connectivity index (χ3n) is 4.78. The van der Waals surface area contributed by atoms with Gasteiger partial charge in [0.2, 0.25) is 5.91 Å². The summed E-state index contributed by atoms with van der Waals surface area (Å²) in [4.78, 5) is 24.5. The first-order valence-electron chi connectivity index (χ1n) is 9.21. The Morgan fingerprint density at radius 3 is 2.65 bits per heavy atom. The number of hydrogen-bond acceptors (Lipinski definition) is 3. The number of nitrogens with one attached hydrogen (secondary N) is 2. The molecule has 0 bridgehead atoms. The molecule has 3 rings (SSSR count). The van der Waals surface area contributed by atoms with E-state index in [1.165, 1.54) is 12.8 Å². The van der Waals surface area contributed by atoms with Crippen molar-refractivity contribution in [3.05, 3.63) is 47.3 Å². The van der Waals surface area contributed by atoms with Gasteiger partial charge in [0.05, 0.1) is 6.20 Å². The largest absolute Gasteiger partial charge is 0.349 e. The number of hydrogen-bond donors (Lipinski definition) is 2. The Morgan fingerprint density at radius 1 is 1.23 bits per heavy atom. The van der Waals surface area contributed by atoms with Crippen LogP contribution in [0.2, 0.25) is 0 Å². The Balaban J connectivity index is 1.54. The van der Waals surface area contributed by atoms with Crippen LogP contribution in [-0.4, -0.2) is 27.6 Å². The zero-order valence-electron chi connectivity index (χ0n) is 15.4. The molecule has 6 nitrogen and oxygen atoms in total. The topological polar surface area (TPSA) is 76.0 Å². The summed E-state index contributed by atoms with van der Waals surface area (Å²) >= 11 is 0. The van der Waals surface area contributed by atoms with E-state index >= 15 is 0 Å². The minimum absolute atomic E-state index is 0.0353. The average Bonchev–Trinajstić information content (AvgIpc) is 3.26. The van der Waals surface area contributed by atoms with Crippen molar-refractivity contribution in [3.8, 4) is 0 Å². The molecule has 2 amide bonds. The van der Waals surface area contributed by atoms with Crippen LogP contribution < -0.4 is 10.6 Å². The molecule has 2 aromatic rings. The lowest BCUT2D eigenvalue weighted by molar-refractivity contribution is -0.116. The summed E-state index contributed by atoms with van der Waals surface area (Å²) in [5.74, 6) is -0.101. The van der Waals surface area contributed by atoms with Gasteiger partial charge in [-0.05, 0) is 56.0 Å². The van der Waals surface area contributed by atoms with E-state index in [2.05, 4.69) is 15.7 Å². The van der Waals surface area contributed by atoms with Crippen molar-refractivity contribution in [2.24, 2.45) is 0 Å². The number of aromatic nitrogens is 2. The van der Waals surface area contributed by atoms with Crippen LogP contribution in [0.25, 0.3) is 0 Å². The first-order valence-corrected chi connectivity index (χ1v) is 9.21. The van der Waals surface area contributed by atoms with Crippen LogP contribution in [0.5, 0.6) is 0 Å². The molecule has 1 aliphatic carbocycles. The lowest BCUT2D eigenvalue weighted by atomic mass is 10.1. The highest BCUT2D eigenvalue weighted by atomic mass is 16.2. The van der Waals surface area contributed by atoms with Crippen LogP contribution in [0.1, 0.15) is 53.6 Å². The van der Waals surface area contributed by atoms with Crippen LogP contribution in [0.15, 0.2) is 30.6 Å². The molecule has 1 saturated carbocycles. The van der Waals surface area contributed by atoms with Crippen molar-refractivity contribution in [2.45, 2.75) is 58.5 Å². The second kappa shape index (κ2) is 8.17. The minimum atomic E-state index is -0.0654. The molecule has 0 unspecified atom stereocenters. The van der Waals surface area contributed by atoms with Gasteiger partial charge < -0.3 is 10.6 Å². The molecule has 0 saturated heterocycles. The first kappa shape index (κ1) is 18.2. The lowest BCUT2D eigenvalue weighted by Gasteiger charge is -2.14. The second-order valence-corrected chi connectivity index (χ2v) is 7.06. The first-order chi connectivity index (χ1) is 12.5. The van der Waals surface area contributed by atoms with E-state index in [1.807, 2.05) is 26.1 Å². The third kappa shape index (κ3) is 4.71. The fourth-order valence-corrected chi connectivity index (χ4v) is 3.30. The van der Waals surface area contributed by atoms with Crippen LogP contribution in [0, 0.1) is 13.8 Å². The quantitative estimate of drug-likeness (QED) is 0.836. The van der Waals surface area contributed by atoms with E-state index in [1.54, 1.807) is 23.0 Å². The number of carbonyl (C=O) groups is 2. The molecule has 1 heterocycles. The molecule has 0 radical (unpaired) electrons. The Bertz CT molecular complexity index is 791. The standard InChI is InChI=1S/C20H26N4O2/c1-14-12-21-24(13-14)10-9-19(25)23-18-8-7-16(11-15(18)2)20(26)22-17-5-3-4-6-17/h7-8,11-13,17H,3-6,9-10H2,1-2H3,(H,22,26)(H,23,25). The second-order valence-electron chi connectivity index (χ2n) is 7.06. The van der Waals surface area contributed by atoms with Gasteiger partial charge >= 0.3 is 0 Å². The van der Waals surface area contributed by atoms with Crippen molar-refractivity contribution in [3.63, 3.8) is 0 Å². The SMILES string of the molecule is Cc1cnn(CCC(=O)Nc2ccc(C(=O)NC3CCCC3)cc2C)c1. The molecule has 1 aromatic carbocycles. The van der Waals surface area contributed by atoms with E-state index < -0.39 is 0 Å². The van der Waals surface area contributed by atoms with Gasteiger partial charge in [0.1, 0.15) is 0 Å². The van der Waals surface area contributed by atoms with Crippen molar-refractivity contribution < 1.29 is 9.59 Å².